The van der Waals surface area contributed by atoms with Gasteiger partial charge in [-0.3, -0.25) is 4.79 Å². The molecule has 0 aromatic heterocycles. The Morgan fingerprint density at radius 2 is 1.88 bits per heavy atom. The van der Waals surface area contributed by atoms with Crippen molar-refractivity contribution < 1.29 is 33.3 Å². The van der Waals surface area contributed by atoms with E-state index in [1.807, 2.05) is 0 Å². The first kappa shape index (κ1) is 25.5. The maximum Gasteiger partial charge on any atom is 0.407 e. The molecule has 0 bridgehead atoms. The molecule has 3 rings (SSSR count). The smallest absolute Gasteiger partial charge is 0.407 e. The van der Waals surface area contributed by atoms with Crippen LogP contribution >= 0.6 is 0 Å². The molecule has 1 saturated heterocycles. The van der Waals surface area contributed by atoms with E-state index in [9.17, 15) is 14.4 Å². The SMILES string of the molecule is COC(=O)C1=CC[C@@H](NC(=O)OC(C)(C)C)[C@H]2C(=O)O[C@H](O[C@H]3C[C@@H](C)CC[C@@H]3C(C)C)[C@@H]12. The van der Waals surface area contributed by atoms with Crippen molar-refractivity contribution in [2.45, 2.75) is 91.3 Å². The molecule has 0 aromatic carbocycles. The number of esters is 2. The first-order valence-corrected chi connectivity index (χ1v) is 12.0. The number of ether oxygens (including phenoxy) is 4. The monoisotopic (exact) mass is 465 g/mol. The van der Waals surface area contributed by atoms with E-state index in [1.165, 1.54) is 7.11 Å². The van der Waals surface area contributed by atoms with Crippen molar-refractivity contribution in [2.75, 3.05) is 7.11 Å². The van der Waals surface area contributed by atoms with Crippen LogP contribution in [0.15, 0.2) is 11.6 Å². The molecule has 1 heterocycles. The van der Waals surface area contributed by atoms with Gasteiger partial charge in [0.15, 0.2) is 0 Å². The minimum absolute atomic E-state index is 0.0663. The van der Waals surface area contributed by atoms with Gasteiger partial charge >= 0.3 is 18.0 Å². The first-order valence-electron chi connectivity index (χ1n) is 12.0. The Balaban J connectivity index is 1.85. The summed E-state index contributed by atoms with van der Waals surface area (Å²) in [7, 11) is 1.31. The minimum Gasteiger partial charge on any atom is -0.466 e. The fourth-order valence-corrected chi connectivity index (χ4v) is 5.37. The first-order chi connectivity index (χ1) is 15.4. The van der Waals surface area contributed by atoms with Gasteiger partial charge in [-0.05, 0) is 57.8 Å². The molecule has 0 unspecified atom stereocenters. The second-order valence-electron chi connectivity index (χ2n) is 11.0. The van der Waals surface area contributed by atoms with Crippen LogP contribution < -0.4 is 5.32 Å². The van der Waals surface area contributed by atoms with E-state index in [4.69, 9.17) is 18.9 Å². The second kappa shape index (κ2) is 10.0. The molecule has 8 heteroatoms. The highest BCUT2D eigenvalue weighted by Crippen LogP contribution is 2.44. The fourth-order valence-electron chi connectivity index (χ4n) is 5.37. The van der Waals surface area contributed by atoms with Gasteiger partial charge in [0.25, 0.3) is 0 Å². The highest BCUT2D eigenvalue weighted by molar-refractivity contribution is 5.92. The standard InChI is InChI=1S/C25H39NO7/c1-13(2)15-9-8-14(3)12-18(15)31-23-19-16(21(27)30-7)10-11-17(20(19)22(28)32-23)26-24(29)33-25(4,5)6/h10,13-15,17-20,23H,8-9,11-12H2,1-7H3,(H,26,29)/t14-,15+,17+,18-,19-,20+,23-/m0/s1. The van der Waals surface area contributed by atoms with Crippen molar-refractivity contribution in [3.63, 3.8) is 0 Å². The van der Waals surface area contributed by atoms with E-state index >= 15 is 0 Å². The van der Waals surface area contributed by atoms with E-state index < -0.39 is 47.8 Å². The fraction of sp³-hybridized carbons (Fsp3) is 0.800. The van der Waals surface area contributed by atoms with Crippen LogP contribution in [0.25, 0.3) is 0 Å². The van der Waals surface area contributed by atoms with Crippen LogP contribution in [-0.2, 0) is 28.5 Å². The summed E-state index contributed by atoms with van der Waals surface area (Å²) < 4.78 is 22.5. The van der Waals surface area contributed by atoms with Crippen LogP contribution in [0.4, 0.5) is 4.79 Å². The lowest BCUT2D eigenvalue weighted by atomic mass is 9.74. The van der Waals surface area contributed by atoms with Crippen molar-refractivity contribution in [3.8, 4) is 0 Å². The van der Waals surface area contributed by atoms with E-state index in [0.717, 1.165) is 19.3 Å². The molecule has 0 spiro atoms. The van der Waals surface area contributed by atoms with Gasteiger partial charge in [0, 0.05) is 11.6 Å². The van der Waals surface area contributed by atoms with Gasteiger partial charge in [-0.2, -0.15) is 0 Å². The van der Waals surface area contributed by atoms with Crippen molar-refractivity contribution in [2.24, 2.45) is 29.6 Å². The maximum atomic E-state index is 13.0. The maximum absolute atomic E-state index is 13.0. The summed E-state index contributed by atoms with van der Waals surface area (Å²) in [6.45, 7) is 11.9. The van der Waals surface area contributed by atoms with Gasteiger partial charge in [-0.25, -0.2) is 9.59 Å². The summed E-state index contributed by atoms with van der Waals surface area (Å²) in [4.78, 5) is 38.0. The largest absolute Gasteiger partial charge is 0.466 e. The topological polar surface area (TPSA) is 100 Å². The lowest BCUT2D eigenvalue weighted by Gasteiger charge is -2.39. The normalized spacial score (nSPS) is 34.2. The Labute approximate surface area is 196 Å². The average molecular weight is 466 g/mol. The number of amides is 1. The third kappa shape index (κ3) is 5.89. The van der Waals surface area contributed by atoms with Crippen LogP contribution in [0.3, 0.4) is 0 Å². The number of hydrogen-bond donors (Lipinski definition) is 1. The average Bonchev–Trinajstić information content (AvgIpc) is 3.02. The molecular formula is C25H39NO7. The lowest BCUT2D eigenvalue weighted by Crippen LogP contribution is -2.49. The molecule has 2 aliphatic carbocycles. The van der Waals surface area contributed by atoms with E-state index in [1.54, 1.807) is 26.8 Å². The predicted molar refractivity (Wildman–Crippen MR) is 121 cm³/mol. The molecule has 7 atom stereocenters. The van der Waals surface area contributed by atoms with Gasteiger partial charge < -0.3 is 24.3 Å². The zero-order chi connectivity index (χ0) is 24.5. The van der Waals surface area contributed by atoms with Gasteiger partial charge in [-0.15, -0.1) is 0 Å². The van der Waals surface area contributed by atoms with Crippen molar-refractivity contribution in [1.29, 1.82) is 0 Å². The Morgan fingerprint density at radius 1 is 1.18 bits per heavy atom. The van der Waals surface area contributed by atoms with Crippen molar-refractivity contribution in [1.82, 2.24) is 5.32 Å². The molecule has 0 aromatic rings. The number of carbonyl (C=O) groups is 3. The van der Waals surface area contributed by atoms with E-state index in [-0.39, 0.29) is 6.10 Å². The minimum atomic E-state index is -0.896. The van der Waals surface area contributed by atoms with Crippen LogP contribution in [-0.4, -0.2) is 49.2 Å². The molecule has 1 saturated carbocycles. The van der Waals surface area contributed by atoms with Gasteiger partial charge in [0.1, 0.15) is 5.60 Å². The predicted octanol–water partition coefficient (Wildman–Crippen LogP) is 3.98. The zero-order valence-corrected chi connectivity index (χ0v) is 20.9. The highest BCUT2D eigenvalue weighted by atomic mass is 16.7. The molecule has 0 radical (unpaired) electrons. The van der Waals surface area contributed by atoms with Crippen molar-refractivity contribution >= 4 is 18.0 Å². The Hall–Kier alpha value is -2.09. The number of fused-ring (bicyclic) bond motifs is 1. The highest BCUT2D eigenvalue weighted by Gasteiger charge is 2.55. The van der Waals surface area contributed by atoms with E-state index in [0.29, 0.717) is 29.7 Å². The summed E-state index contributed by atoms with van der Waals surface area (Å²) in [6, 6.07) is -0.564. The number of hydrogen-bond acceptors (Lipinski definition) is 7. The number of nitrogens with one attached hydrogen (secondary N) is 1. The van der Waals surface area contributed by atoms with Crippen LogP contribution in [0.1, 0.15) is 67.2 Å². The number of alkyl carbamates (subject to hydrolysis) is 1. The molecule has 8 nitrogen and oxygen atoms in total. The Bertz CT molecular complexity index is 784. The lowest BCUT2D eigenvalue weighted by molar-refractivity contribution is -0.194. The number of carbonyl (C=O) groups excluding carboxylic acids is 3. The molecule has 2 fully saturated rings. The van der Waals surface area contributed by atoms with Gasteiger partial charge in [0.05, 0.1) is 25.0 Å². The quantitative estimate of drug-likeness (QED) is 0.484. The molecule has 1 N–H and O–H groups in total. The van der Waals surface area contributed by atoms with Crippen LogP contribution in [0.5, 0.6) is 0 Å². The summed E-state index contributed by atoms with van der Waals surface area (Å²) >= 11 is 0. The summed E-state index contributed by atoms with van der Waals surface area (Å²) in [5.41, 5.74) is -0.304. The van der Waals surface area contributed by atoms with Gasteiger partial charge in [-0.1, -0.05) is 33.3 Å². The molecule has 33 heavy (non-hydrogen) atoms. The van der Waals surface area contributed by atoms with Crippen LogP contribution in [0.2, 0.25) is 0 Å². The molecule has 3 aliphatic rings. The van der Waals surface area contributed by atoms with Crippen molar-refractivity contribution in [3.05, 3.63) is 11.6 Å². The molecule has 186 valence electrons. The van der Waals surface area contributed by atoms with Crippen LogP contribution in [0, 0.1) is 29.6 Å². The Morgan fingerprint density at radius 3 is 2.48 bits per heavy atom. The number of cyclic esters (lactones) is 1. The zero-order valence-electron chi connectivity index (χ0n) is 20.9. The third-order valence-corrected chi connectivity index (χ3v) is 6.96. The van der Waals surface area contributed by atoms with Gasteiger partial charge in [0.2, 0.25) is 6.29 Å². The second-order valence-corrected chi connectivity index (χ2v) is 11.0. The number of rotatable bonds is 5. The third-order valence-electron chi connectivity index (χ3n) is 6.96. The molecule has 1 amide bonds. The van der Waals surface area contributed by atoms with E-state index in [2.05, 4.69) is 26.1 Å². The molecule has 1 aliphatic heterocycles. The summed E-state index contributed by atoms with van der Waals surface area (Å²) in [5, 5.41) is 2.80. The molecular weight excluding hydrogens is 426 g/mol. The number of methoxy groups -OCH3 is 1. The summed E-state index contributed by atoms with van der Waals surface area (Å²) in [5.74, 6) is -1.09. The summed E-state index contributed by atoms with van der Waals surface area (Å²) in [6.07, 6.45) is 3.52. The Kier molecular flexibility index (Phi) is 7.76.